The molecule has 5 atom stereocenters. The van der Waals surface area contributed by atoms with Crippen LogP contribution in [0.3, 0.4) is 0 Å². The third kappa shape index (κ3) is 7.99. The fourth-order valence-corrected chi connectivity index (χ4v) is 6.70. The van der Waals surface area contributed by atoms with Gasteiger partial charge in [-0.2, -0.15) is 5.09 Å². The van der Waals surface area contributed by atoms with Crippen molar-refractivity contribution in [2.75, 3.05) is 31.5 Å². The molecule has 4 rings (SSSR count). The molecule has 236 valence electrons. The zero-order chi connectivity index (χ0) is 31.6. The number of esters is 1. The van der Waals surface area contributed by atoms with Gasteiger partial charge in [0.05, 0.1) is 32.4 Å². The number of hydrazine groups is 1. The van der Waals surface area contributed by atoms with Crippen LogP contribution >= 0.6 is 19.3 Å². The number of nitrogens with zero attached hydrogens (tertiary/aromatic N) is 5. The molecule has 3 N–H and O–H groups in total. The maximum Gasteiger partial charge on any atom is 0.459 e. The molecule has 19 heteroatoms. The second kappa shape index (κ2) is 13.0. The van der Waals surface area contributed by atoms with E-state index in [0.717, 1.165) is 6.26 Å². The highest BCUT2D eigenvalue weighted by Crippen LogP contribution is 2.47. The van der Waals surface area contributed by atoms with Crippen LogP contribution in [0.1, 0.15) is 33.4 Å². The third-order valence-electron chi connectivity index (χ3n) is 6.31. The van der Waals surface area contributed by atoms with Crippen molar-refractivity contribution >= 4 is 52.3 Å². The predicted molar refractivity (Wildman–Crippen MR) is 156 cm³/mol. The van der Waals surface area contributed by atoms with Crippen molar-refractivity contribution in [3.8, 4) is 5.75 Å². The molecule has 3 heterocycles. The van der Waals surface area contributed by atoms with E-state index in [-0.39, 0.29) is 42.3 Å². The minimum Gasteiger partial charge on any atom is -0.468 e. The standard InChI is InChI=1S/C24H33ClN7O9PS/c1-6-32(30-43(5,36)37)21-19-20(26-13-27-21)31(14-28-19)23-24(3,34)11-18(40-23)12-39-42(35,29-15(2)22(33)38-4)41-17-9-7-16(25)8-10-17/h7-10,13-15,18,23,30,34H,6,11-12H2,1-5H3,(H,29,35)/t15?,18?,23?,24-,42?/m1/s1. The number of aromatic nitrogens is 4. The van der Waals surface area contributed by atoms with E-state index in [0.29, 0.717) is 5.02 Å². The number of rotatable bonds is 13. The van der Waals surface area contributed by atoms with Crippen LogP contribution < -0.4 is 19.5 Å². The van der Waals surface area contributed by atoms with Crippen LogP contribution in [-0.4, -0.2) is 83.3 Å². The molecular weight excluding hydrogens is 629 g/mol. The number of anilines is 1. The average Bonchev–Trinajstić information content (AvgIpc) is 3.50. The molecular formula is C24H33ClN7O9PS. The van der Waals surface area contributed by atoms with Gasteiger partial charge in [0.25, 0.3) is 0 Å². The fraction of sp³-hybridized carbons (Fsp3) is 0.500. The van der Waals surface area contributed by atoms with Crippen molar-refractivity contribution in [2.45, 2.75) is 51.2 Å². The lowest BCUT2D eigenvalue weighted by molar-refractivity contribution is -0.142. The average molecular weight is 662 g/mol. The van der Waals surface area contributed by atoms with E-state index in [1.54, 1.807) is 13.8 Å². The number of sulfonamides is 1. The smallest absolute Gasteiger partial charge is 0.459 e. The van der Waals surface area contributed by atoms with Crippen molar-refractivity contribution < 1.29 is 41.4 Å². The number of imidazole rings is 1. The Balaban J connectivity index is 1.55. The van der Waals surface area contributed by atoms with Gasteiger partial charge in [-0.25, -0.2) is 27.9 Å². The van der Waals surface area contributed by atoms with Gasteiger partial charge in [0.2, 0.25) is 10.0 Å². The zero-order valence-electron chi connectivity index (χ0n) is 24.0. The normalized spacial score (nSPS) is 22.7. The second-order valence-electron chi connectivity index (χ2n) is 10.0. The van der Waals surface area contributed by atoms with Gasteiger partial charge in [-0.15, -0.1) is 4.83 Å². The van der Waals surface area contributed by atoms with Gasteiger partial charge in [-0.05, 0) is 45.0 Å². The maximum atomic E-state index is 13.7. The van der Waals surface area contributed by atoms with Crippen molar-refractivity contribution in [2.24, 2.45) is 0 Å². The molecule has 0 saturated carbocycles. The van der Waals surface area contributed by atoms with Crippen molar-refractivity contribution in [3.05, 3.63) is 41.9 Å². The summed E-state index contributed by atoms with van der Waals surface area (Å²) >= 11 is 5.93. The highest BCUT2D eigenvalue weighted by atomic mass is 35.5. The number of ether oxygens (including phenoxy) is 2. The van der Waals surface area contributed by atoms with E-state index in [2.05, 4.69) is 24.9 Å². The van der Waals surface area contributed by atoms with Crippen LogP contribution in [0.2, 0.25) is 5.02 Å². The van der Waals surface area contributed by atoms with E-state index in [1.807, 2.05) is 0 Å². The molecule has 16 nitrogen and oxygen atoms in total. The Labute approximate surface area is 253 Å². The summed E-state index contributed by atoms with van der Waals surface area (Å²) in [6, 6.07) is 5.00. The summed E-state index contributed by atoms with van der Waals surface area (Å²) in [6.07, 6.45) is 1.92. The summed E-state index contributed by atoms with van der Waals surface area (Å²) in [7, 11) is -6.61. The molecule has 1 aliphatic rings. The summed E-state index contributed by atoms with van der Waals surface area (Å²) in [5.74, 6) is -0.313. The van der Waals surface area contributed by atoms with Crippen molar-refractivity contribution in [3.63, 3.8) is 0 Å². The largest absolute Gasteiger partial charge is 0.468 e. The van der Waals surface area contributed by atoms with Gasteiger partial charge in [0.15, 0.2) is 23.2 Å². The summed E-state index contributed by atoms with van der Waals surface area (Å²) in [4.78, 5) is 27.2. The maximum absolute atomic E-state index is 13.7. The summed E-state index contributed by atoms with van der Waals surface area (Å²) in [5.41, 5.74) is -0.923. The van der Waals surface area contributed by atoms with E-state index >= 15 is 0 Å². The van der Waals surface area contributed by atoms with Gasteiger partial charge in [0.1, 0.15) is 23.7 Å². The Kier molecular flexibility index (Phi) is 9.98. The molecule has 1 fully saturated rings. The molecule has 0 spiro atoms. The van der Waals surface area contributed by atoms with Gasteiger partial charge in [0, 0.05) is 18.0 Å². The van der Waals surface area contributed by atoms with E-state index < -0.39 is 47.7 Å². The number of benzene rings is 1. The third-order valence-corrected chi connectivity index (χ3v) is 8.76. The molecule has 3 aromatic rings. The molecule has 0 amide bonds. The number of carbonyl (C=O) groups is 1. The molecule has 0 radical (unpaired) electrons. The van der Waals surface area contributed by atoms with Crippen molar-refractivity contribution in [1.82, 2.24) is 29.4 Å². The molecule has 1 aliphatic heterocycles. The van der Waals surface area contributed by atoms with Gasteiger partial charge in [-0.3, -0.25) is 18.9 Å². The van der Waals surface area contributed by atoms with Gasteiger partial charge in [-0.1, -0.05) is 11.6 Å². The first-order chi connectivity index (χ1) is 20.1. The van der Waals surface area contributed by atoms with Crippen LogP contribution in [0.4, 0.5) is 5.82 Å². The van der Waals surface area contributed by atoms with Gasteiger partial charge < -0.3 is 19.1 Å². The fourth-order valence-electron chi connectivity index (χ4n) is 4.44. The number of carbonyl (C=O) groups excluding carboxylic acids is 1. The first-order valence-corrected chi connectivity index (χ1v) is 16.8. The number of hydrogen-bond acceptors (Lipinski definition) is 13. The minimum atomic E-state index is -4.19. The summed E-state index contributed by atoms with van der Waals surface area (Å²) < 4.78 is 61.1. The lowest BCUT2D eigenvalue weighted by Gasteiger charge is -2.25. The summed E-state index contributed by atoms with van der Waals surface area (Å²) in [6.45, 7) is 4.66. The Morgan fingerprint density at radius 3 is 2.65 bits per heavy atom. The number of hydrogen-bond donors (Lipinski definition) is 3. The highest BCUT2D eigenvalue weighted by Gasteiger charge is 2.47. The number of aliphatic hydroxyl groups is 1. The van der Waals surface area contributed by atoms with Crippen LogP contribution in [0.5, 0.6) is 5.75 Å². The van der Waals surface area contributed by atoms with Crippen LogP contribution in [0.15, 0.2) is 36.9 Å². The minimum absolute atomic E-state index is 0.0551. The lowest BCUT2D eigenvalue weighted by atomic mass is 10.0. The highest BCUT2D eigenvalue weighted by molar-refractivity contribution is 7.88. The first-order valence-electron chi connectivity index (χ1n) is 13.0. The van der Waals surface area contributed by atoms with E-state index in [1.165, 1.54) is 60.5 Å². The Bertz CT molecular complexity index is 1610. The zero-order valence-corrected chi connectivity index (χ0v) is 26.5. The molecule has 43 heavy (non-hydrogen) atoms. The second-order valence-corrected chi connectivity index (χ2v) is 13.9. The number of halogens is 1. The van der Waals surface area contributed by atoms with Crippen LogP contribution in [0, 0.1) is 0 Å². The topological polar surface area (TPSA) is 196 Å². The monoisotopic (exact) mass is 661 g/mol. The number of nitrogens with one attached hydrogen (secondary N) is 2. The molecule has 0 aliphatic carbocycles. The van der Waals surface area contributed by atoms with Gasteiger partial charge >= 0.3 is 13.7 Å². The first kappa shape index (κ1) is 33.0. The number of fused-ring (bicyclic) bond motifs is 1. The van der Waals surface area contributed by atoms with Crippen molar-refractivity contribution in [1.29, 1.82) is 0 Å². The Morgan fingerprint density at radius 1 is 1.33 bits per heavy atom. The van der Waals surface area contributed by atoms with Crippen LogP contribution in [0.25, 0.3) is 11.2 Å². The SMILES string of the molecule is CCN(NS(C)(=O)=O)c1ncnc2c1ncn2C1OC(COP(=O)(NC(C)C(=O)OC)Oc2ccc(Cl)cc2)C[C@@]1(C)O. The number of methoxy groups -OCH3 is 1. The Hall–Kier alpha value is -2.89. The van der Waals surface area contributed by atoms with E-state index in [4.69, 9.17) is 30.1 Å². The van der Waals surface area contributed by atoms with E-state index in [9.17, 15) is 22.9 Å². The quantitative estimate of drug-likeness (QED) is 0.137. The molecule has 4 unspecified atom stereocenters. The lowest BCUT2D eigenvalue weighted by Crippen LogP contribution is -2.42. The summed E-state index contributed by atoms with van der Waals surface area (Å²) in [5, 5.41) is 15.6. The molecule has 1 aromatic carbocycles. The molecule has 2 aromatic heterocycles. The molecule has 1 saturated heterocycles. The molecule has 0 bridgehead atoms. The van der Waals surface area contributed by atoms with Crippen LogP contribution in [-0.2, 0) is 33.4 Å². The predicted octanol–water partition coefficient (Wildman–Crippen LogP) is 2.16. The Morgan fingerprint density at radius 2 is 2.02 bits per heavy atom.